The second kappa shape index (κ2) is 8.23. The van der Waals surface area contributed by atoms with Gasteiger partial charge in [0.1, 0.15) is 5.82 Å². The first kappa shape index (κ1) is 20.0. The largest absolute Gasteiger partial charge is 0.378 e. The van der Waals surface area contributed by atoms with Crippen LogP contribution in [0.3, 0.4) is 0 Å². The fourth-order valence-electron chi connectivity index (χ4n) is 3.29. The normalized spacial score (nSPS) is 11.2. The lowest BCUT2D eigenvalue weighted by Gasteiger charge is -2.12. The van der Waals surface area contributed by atoms with E-state index in [-0.39, 0.29) is 11.2 Å². The molecule has 7 nitrogen and oxygen atoms in total. The summed E-state index contributed by atoms with van der Waals surface area (Å²) in [5.41, 5.74) is 2.88. The number of hydrogen-bond acceptors (Lipinski definition) is 5. The van der Waals surface area contributed by atoms with Gasteiger partial charge >= 0.3 is 0 Å². The van der Waals surface area contributed by atoms with E-state index >= 15 is 0 Å². The third-order valence-electron chi connectivity index (χ3n) is 4.95. The number of aromatic nitrogens is 2. The summed E-state index contributed by atoms with van der Waals surface area (Å²) in [5, 5.41) is 11.5. The van der Waals surface area contributed by atoms with Gasteiger partial charge in [-0.3, -0.25) is 19.5 Å². The van der Waals surface area contributed by atoms with E-state index in [2.05, 4.69) is 4.98 Å². The number of nitrogens with zero attached hydrogens (tertiary/aromatic N) is 4. The summed E-state index contributed by atoms with van der Waals surface area (Å²) in [6.45, 7) is 0. The molecule has 1 heterocycles. The summed E-state index contributed by atoms with van der Waals surface area (Å²) in [6.07, 6.45) is 3.66. The van der Waals surface area contributed by atoms with Crippen LogP contribution in [0.5, 0.6) is 0 Å². The van der Waals surface area contributed by atoms with Gasteiger partial charge in [0.2, 0.25) is 0 Å². The van der Waals surface area contributed by atoms with Crippen LogP contribution in [-0.2, 0) is 0 Å². The number of fused-ring (bicyclic) bond motifs is 1. The molecule has 4 aromatic rings. The van der Waals surface area contributed by atoms with Gasteiger partial charge < -0.3 is 4.90 Å². The molecule has 0 unspecified atom stereocenters. The second-order valence-electron chi connectivity index (χ2n) is 7.22. The number of benzene rings is 3. The van der Waals surface area contributed by atoms with Crippen molar-refractivity contribution >= 4 is 34.4 Å². The maximum Gasteiger partial charge on any atom is 0.269 e. The Hall–Kier alpha value is -4.26. The smallest absolute Gasteiger partial charge is 0.269 e. The van der Waals surface area contributed by atoms with Crippen LogP contribution in [0.15, 0.2) is 77.6 Å². The number of nitro benzene ring substituents is 1. The van der Waals surface area contributed by atoms with Gasteiger partial charge in [0.15, 0.2) is 0 Å². The highest BCUT2D eigenvalue weighted by atomic mass is 16.6. The zero-order chi connectivity index (χ0) is 22.0. The van der Waals surface area contributed by atoms with Gasteiger partial charge in [0, 0.05) is 31.9 Å². The molecule has 0 aliphatic heterocycles. The number of nitro groups is 1. The zero-order valence-electron chi connectivity index (χ0n) is 17.1. The predicted octanol–water partition coefficient (Wildman–Crippen LogP) is 4.53. The zero-order valence-corrected chi connectivity index (χ0v) is 17.1. The van der Waals surface area contributed by atoms with Crippen LogP contribution >= 0.6 is 0 Å². The van der Waals surface area contributed by atoms with Gasteiger partial charge in [-0.1, -0.05) is 30.3 Å². The minimum Gasteiger partial charge on any atom is -0.378 e. The van der Waals surface area contributed by atoms with Crippen molar-refractivity contribution in [1.29, 1.82) is 0 Å². The monoisotopic (exact) mass is 412 g/mol. The Morgan fingerprint density at radius 2 is 1.61 bits per heavy atom. The van der Waals surface area contributed by atoms with Gasteiger partial charge in [-0.05, 0) is 48.0 Å². The second-order valence-corrected chi connectivity index (χ2v) is 7.22. The van der Waals surface area contributed by atoms with Crippen molar-refractivity contribution in [1.82, 2.24) is 9.55 Å². The maximum absolute atomic E-state index is 13.2. The third kappa shape index (κ3) is 4.06. The molecule has 0 saturated carbocycles. The molecule has 31 heavy (non-hydrogen) atoms. The molecule has 0 saturated heterocycles. The third-order valence-corrected chi connectivity index (χ3v) is 4.95. The molecule has 1 aromatic heterocycles. The van der Waals surface area contributed by atoms with Gasteiger partial charge in [-0.15, -0.1) is 0 Å². The molecule has 0 aliphatic rings. The fraction of sp³-hybridized carbons (Fsp3) is 0.0833. The summed E-state index contributed by atoms with van der Waals surface area (Å²) in [6, 6.07) is 21.0. The molecule has 0 aliphatic carbocycles. The van der Waals surface area contributed by atoms with E-state index in [1.807, 2.05) is 55.4 Å². The average Bonchev–Trinajstić information content (AvgIpc) is 2.78. The van der Waals surface area contributed by atoms with Crippen LogP contribution in [0, 0.1) is 10.1 Å². The Morgan fingerprint density at radius 3 is 2.26 bits per heavy atom. The highest BCUT2D eigenvalue weighted by molar-refractivity contribution is 5.80. The van der Waals surface area contributed by atoms with Crippen molar-refractivity contribution in [3.05, 3.63) is 105 Å². The molecule has 0 radical (unpaired) electrons. The summed E-state index contributed by atoms with van der Waals surface area (Å²) in [4.78, 5) is 30.5. The van der Waals surface area contributed by atoms with Crippen LogP contribution in [-0.4, -0.2) is 28.6 Å². The molecule has 0 atom stereocenters. The molecule has 0 fully saturated rings. The summed E-state index contributed by atoms with van der Waals surface area (Å²) < 4.78 is 1.47. The Bertz CT molecular complexity index is 1340. The molecule has 0 N–H and O–H groups in total. The number of rotatable bonds is 5. The predicted molar refractivity (Wildman–Crippen MR) is 124 cm³/mol. The quantitative estimate of drug-likeness (QED) is 0.355. The number of hydrogen-bond donors (Lipinski definition) is 0. The first-order chi connectivity index (χ1) is 14.9. The van der Waals surface area contributed by atoms with E-state index in [4.69, 9.17) is 0 Å². The topological polar surface area (TPSA) is 81.3 Å². The molecular formula is C24H20N4O3. The van der Waals surface area contributed by atoms with E-state index in [0.717, 1.165) is 11.3 Å². The molecule has 3 aromatic carbocycles. The first-order valence-corrected chi connectivity index (χ1v) is 9.66. The van der Waals surface area contributed by atoms with Crippen LogP contribution in [0.2, 0.25) is 0 Å². The maximum atomic E-state index is 13.2. The summed E-state index contributed by atoms with van der Waals surface area (Å²) in [7, 11) is 3.96. The van der Waals surface area contributed by atoms with Crippen LogP contribution in [0.25, 0.3) is 28.7 Å². The summed E-state index contributed by atoms with van der Waals surface area (Å²) >= 11 is 0. The standard InChI is InChI=1S/C24H20N4O3/c1-26(2)18-10-7-17(8-11-18)9-16-23-25-22-6-4-3-5-21(22)24(29)27(23)19-12-14-20(15-13-19)28(30)31/h3-16H,1-2H3/b16-9-. The Balaban J connectivity index is 1.84. The van der Waals surface area contributed by atoms with Gasteiger partial charge in [0.05, 0.1) is 21.5 Å². The van der Waals surface area contributed by atoms with Crippen molar-refractivity contribution < 1.29 is 4.92 Å². The lowest BCUT2D eigenvalue weighted by Crippen LogP contribution is -2.22. The molecule has 0 bridgehead atoms. The number of para-hydroxylation sites is 1. The SMILES string of the molecule is CN(C)c1ccc(/C=C\c2nc3ccccc3c(=O)n2-c2ccc([N+](=O)[O-])cc2)cc1. The summed E-state index contributed by atoms with van der Waals surface area (Å²) in [5.74, 6) is 0.439. The highest BCUT2D eigenvalue weighted by Crippen LogP contribution is 2.19. The highest BCUT2D eigenvalue weighted by Gasteiger charge is 2.12. The van der Waals surface area contributed by atoms with Crippen LogP contribution in [0.1, 0.15) is 11.4 Å². The molecule has 7 heteroatoms. The number of anilines is 1. The van der Waals surface area contributed by atoms with Crippen molar-refractivity contribution in [3.63, 3.8) is 0 Å². The van der Waals surface area contributed by atoms with E-state index in [9.17, 15) is 14.9 Å². The van der Waals surface area contributed by atoms with E-state index in [0.29, 0.717) is 22.4 Å². The lowest BCUT2D eigenvalue weighted by atomic mass is 10.1. The number of non-ortho nitro benzene ring substituents is 1. The molecule has 0 spiro atoms. The van der Waals surface area contributed by atoms with Gasteiger partial charge in [0.25, 0.3) is 11.2 Å². The minimum absolute atomic E-state index is 0.0383. The molecule has 4 rings (SSSR count). The van der Waals surface area contributed by atoms with Crippen LogP contribution < -0.4 is 10.5 Å². The average molecular weight is 412 g/mol. The fourth-order valence-corrected chi connectivity index (χ4v) is 3.29. The Labute approximate surface area is 178 Å². The molecular weight excluding hydrogens is 392 g/mol. The van der Waals surface area contributed by atoms with Crippen molar-refractivity contribution in [3.8, 4) is 5.69 Å². The Kier molecular flexibility index (Phi) is 5.32. The van der Waals surface area contributed by atoms with E-state index in [1.54, 1.807) is 36.4 Å². The van der Waals surface area contributed by atoms with Gasteiger partial charge in [-0.25, -0.2) is 4.98 Å². The van der Waals surface area contributed by atoms with Crippen molar-refractivity contribution in [2.75, 3.05) is 19.0 Å². The molecule has 154 valence electrons. The Morgan fingerprint density at radius 1 is 0.935 bits per heavy atom. The van der Waals surface area contributed by atoms with E-state index in [1.165, 1.54) is 16.7 Å². The van der Waals surface area contributed by atoms with Crippen LogP contribution in [0.4, 0.5) is 11.4 Å². The van der Waals surface area contributed by atoms with E-state index < -0.39 is 4.92 Å². The van der Waals surface area contributed by atoms with Crippen molar-refractivity contribution in [2.24, 2.45) is 0 Å². The minimum atomic E-state index is -0.469. The molecule has 0 amide bonds. The lowest BCUT2D eigenvalue weighted by molar-refractivity contribution is -0.384. The first-order valence-electron chi connectivity index (χ1n) is 9.66. The van der Waals surface area contributed by atoms with Crippen molar-refractivity contribution in [2.45, 2.75) is 0 Å². The van der Waals surface area contributed by atoms with Gasteiger partial charge in [-0.2, -0.15) is 0 Å².